The van der Waals surface area contributed by atoms with E-state index in [-0.39, 0.29) is 34.9 Å². The highest BCUT2D eigenvalue weighted by Gasteiger charge is 2.67. The lowest BCUT2D eigenvalue weighted by molar-refractivity contribution is -0.152. The van der Waals surface area contributed by atoms with Gasteiger partial charge in [-0.3, -0.25) is 9.59 Å². The van der Waals surface area contributed by atoms with Crippen molar-refractivity contribution in [2.24, 2.45) is 45.8 Å². The number of esters is 1. The highest BCUT2D eigenvalue weighted by atomic mass is 16.5. The number of aliphatic hydroxyl groups excluding tert-OH is 1. The number of carbonyl (C=O) groups is 2. The lowest BCUT2D eigenvalue weighted by Gasteiger charge is -2.57. The number of hydrogen-bond donors (Lipinski definition) is 2. The molecule has 2 saturated carbocycles. The number of carboxylic acid groups (broad SMARTS) is 1. The van der Waals surface area contributed by atoms with E-state index < -0.39 is 17.3 Å². The highest BCUT2D eigenvalue weighted by molar-refractivity contribution is 5.71. The van der Waals surface area contributed by atoms with Gasteiger partial charge >= 0.3 is 11.9 Å². The summed E-state index contributed by atoms with van der Waals surface area (Å²) in [5.74, 6) is -0.618. The van der Waals surface area contributed by atoms with E-state index >= 15 is 0 Å². The van der Waals surface area contributed by atoms with Crippen LogP contribution in [0.4, 0.5) is 0 Å². The first-order valence-electron chi connectivity index (χ1n) is 14.3. The van der Waals surface area contributed by atoms with Crippen LogP contribution in [0.15, 0.2) is 35.5 Å². The van der Waals surface area contributed by atoms with Gasteiger partial charge in [0.2, 0.25) is 0 Å². The third kappa shape index (κ3) is 4.33. The summed E-state index contributed by atoms with van der Waals surface area (Å²) in [6, 6.07) is 0. The van der Waals surface area contributed by atoms with Crippen LogP contribution < -0.4 is 0 Å². The van der Waals surface area contributed by atoms with E-state index in [2.05, 4.69) is 60.3 Å². The molecule has 2 N–H and O–H groups in total. The molecule has 0 aromatic heterocycles. The molecule has 0 aromatic rings. The van der Waals surface area contributed by atoms with Crippen LogP contribution in [0.2, 0.25) is 0 Å². The van der Waals surface area contributed by atoms with Gasteiger partial charge in [-0.15, -0.1) is 0 Å². The lowest BCUT2D eigenvalue weighted by atomic mass is 9.48. The van der Waals surface area contributed by atoms with Crippen molar-refractivity contribution >= 4 is 11.9 Å². The Morgan fingerprint density at radius 1 is 1.16 bits per heavy atom. The summed E-state index contributed by atoms with van der Waals surface area (Å²) in [6.07, 6.45) is 9.32. The van der Waals surface area contributed by atoms with E-state index in [1.54, 1.807) is 0 Å². The number of hydrogen-bond acceptors (Lipinski definition) is 4. The van der Waals surface area contributed by atoms with E-state index in [0.717, 1.165) is 31.3 Å². The third-order valence-corrected chi connectivity index (χ3v) is 11.5. The standard InChI is InChI=1S/C32H48O5/c1-18(2)19(3)9-10-23(29(35)36)26-17-28(37-20(4)33)32(8)25-13-12-24-21(11-14-27(34)30(24,5)6)22(25)15-16-31(26,32)7/h13,15,18,21,23-24,26-28,34H,3,9-12,14,16-17H2,1-2,4-8H3,(H,35,36)/t21-,23-,24-,26-,27+,28+,31-,32-/m1/s1. The average Bonchev–Trinajstić information content (AvgIpc) is 3.03. The van der Waals surface area contributed by atoms with Crippen LogP contribution >= 0.6 is 0 Å². The van der Waals surface area contributed by atoms with Gasteiger partial charge in [0.25, 0.3) is 0 Å². The SMILES string of the molecule is C=C(CC[C@@H](C(=O)O)[C@H]1C[C@H](OC(C)=O)[C@@]2(C)C3=CC[C@@H]4[C@H](CC[C@H](O)C4(C)C)C3=CC[C@]12C)C(C)C. The van der Waals surface area contributed by atoms with Crippen molar-refractivity contribution in [2.45, 2.75) is 106 Å². The van der Waals surface area contributed by atoms with Gasteiger partial charge < -0.3 is 14.9 Å². The summed E-state index contributed by atoms with van der Waals surface area (Å²) >= 11 is 0. The fraction of sp³-hybridized carbons (Fsp3) is 0.750. The smallest absolute Gasteiger partial charge is 0.306 e. The topological polar surface area (TPSA) is 83.8 Å². The monoisotopic (exact) mass is 512 g/mol. The normalized spacial score (nSPS) is 39.0. The summed E-state index contributed by atoms with van der Waals surface area (Å²) in [5, 5.41) is 21.2. The Kier molecular flexibility index (Phi) is 7.38. The van der Waals surface area contributed by atoms with Crippen LogP contribution in [-0.2, 0) is 14.3 Å². The largest absolute Gasteiger partial charge is 0.481 e. The van der Waals surface area contributed by atoms with Gasteiger partial charge in [0.05, 0.1) is 12.0 Å². The van der Waals surface area contributed by atoms with Gasteiger partial charge in [-0.2, -0.15) is 0 Å². The number of aliphatic carboxylic acids is 1. The third-order valence-electron chi connectivity index (χ3n) is 11.5. The van der Waals surface area contributed by atoms with E-state index in [0.29, 0.717) is 37.0 Å². The molecule has 0 unspecified atom stereocenters. The number of aliphatic hydroxyl groups is 1. The first-order chi connectivity index (χ1) is 17.2. The van der Waals surface area contributed by atoms with Crippen molar-refractivity contribution in [3.63, 3.8) is 0 Å². The Morgan fingerprint density at radius 3 is 2.43 bits per heavy atom. The Hall–Kier alpha value is -1.88. The number of rotatable bonds is 7. The molecule has 5 nitrogen and oxygen atoms in total. The summed E-state index contributed by atoms with van der Waals surface area (Å²) in [7, 11) is 0. The maximum Gasteiger partial charge on any atom is 0.306 e. The van der Waals surface area contributed by atoms with Crippen LogP contribution in [0.25, 0.3) is 0 Å². The molecule has 0 heterocycles. The number of fused-ring (bicyclic) bond motifs is 5. The quantitative estimate of drug-likeness (QED) is 0.292. The Morgan fingerprint density at radius 2 is 1.84 bits per heavy atom. The Labute approximate surface area is 223 Å². The summed E-state index contributed by atoms with van der Waals surface area (Å²) in [6.45, 7) is 18.7. The van der Waals surface area contributed by atoms with Gasteiger partial charge in [0.1, 0.15) is 6.10 Å². The maximum atomic E-state index is 12.7. The summed E-state index contributed by atoms with van der Waals surface area (Å²) in [4.78, 5) is 25.0. The number of ether oxygens (including phenoxy) is 1. The first kappa shape index (κ1) is 28.1. The summed E-state index contributed by atoms with van der Waals surface area (Å²) in [5.41, 5.74) is 2.74. The second kappa shape index (κ2) is 9.70. The highest BCUT2D eigenvalue weighted by Crippen LogP contribution is 2.70. The number of carboxylic acids is 1. The van der Waals surface area contributed by atoms with Crippen molar-refractivity contribution in [1.29, 1.82) is 0 Å². The number of carbonyl (C=O) groups excluding carboxylic acids is 1. The van der Waals surface area contributed by atoms with Gasteiger partial charge in [-0.05, 0) is 90.6 Å². The second-order valence-corrected chi connectivity index (χ2v) is 13.7. The molecular formula is C32H48O5. The minimum Gasteiger partial charge on any atom is -0.481 e. The van der Waals surface area contributed by atoms with Crippen LogP contribution in [0.5, 0.6) is 0 Å². The predicted octanol–water partition coefficient (Wildman–Crippen LogP) is 6.72. The minimum atomic E-state index is -0.760. The predicted molar refractivity (Wildman–Crippen MR) is 146 cm³/mol. The molecule has 4 rings (SSSR count). The van der Waals surface area contributed by atoms with Gasteiger partial charge in [0, 0.05) is 12.3 Å². The van der Waals surface area contributed by atoms with E-state index in [4.69, 9.17) is 4.74 Å². The molecule has 0 bridgehead atoms. The van der Waals surface area contributed by atoms with E-state index in [9.17, 15) is 19.8 Å². The molecule has 0 amide bonds. The lowest BCUT2D eigenvalue weighted by Crippen LogP contribution is -2.52. The zero-order valence-corrected chi connectivity index (χ0v) is 24.0. The van der Waals surface area contributed by atoms with Crippen molar-refractivity contribution in [3.8, 4) is 0 Å². The van der Waals surface area contributed by atoms with Gasteiger partial charge in [-0.1, -0.05) is 65.8 Å². The van der Waals surface area contributed by atoms with Gasteiger partial charge in [-0.25, -0.2) is 0 Å². The van der Waals surface area contributed by atoms with Crippen molar-refractivity contribution in [1.82, 2.24) is 0 Å². The average molecular weight is 513 g/mol. The van der Waals surface area contributed by atoms with Crippen LogP contribution in [0.3, 0.4) is 0 Å². The minimum absolute atomic E-state index is 0.111. The zero-order chi connectivity index (χ0) is 27.5. The van der Waals surface area contributed by atoms with Crippen LogP contribution in [0, 0.1) is 45.8 Å². The molecule has 0 saturated heterocycles. The Bertz CT molecular complexity index is 1020. The molecule has 206 valence electrons. The molecule has 8 atom stereocenters. The van der Waals surface area contributed by atoms with Crippen LogP contribution in [0.1, 0.15) is 93.4 Å². The molecule has 37 heavy (non-hydrogen) atoms. The van der Waals surface area contributed by atoms with Crippen molar-refractivity contribution < 1.29 is 24.5 Å². The second-order valence-electron chi connectivity index (χ2n) is 13.7. The molecule has 4 aliphatic carbocycles. The Balaban J connectivity index is 1.76. The molecular weight excluding hydrogens is 464 g/mol. The van der Waals surface area contributed by atoms with E-state index in [1.165, 1.54) is 18.1 Å². The molecule has 4 aliphatic rings. The van der Waals surface area contributed by atoms with Crippen LogP contribution in [-0.4, -0.2) is 34.4 Å². The molecule has 0 spiro atoms. The molecule has 0 aromatic carbocycles. The van der Waals surface area contributed by atoms with Crippen molar-refractivity contribution in [3.05, 3.63) is 35.5 Å². The molecule has 5 heteroatoms. The zero-order valence-electron chi connectivity index (χ0n) is 24.0. The maximum absolute atomic E-state index is 12.7. The van der Waals surface area contributed by atoms with Crippen molar-refractivity contribution in [2.75, 3.05) is 0 Å². The molecule has 2 fully saturated rings. The number of allylic oxidation sites excluding steroid dienone is 4. The summed E-state index contributed by atoms with van der Waals surface area (Å²) < 4.78 is 6.06. The fourth-order valence-corrected chi connectivity index (χ4v) is 8.60. The first-order valence-corrected chi connectivity index (χ1v) is 14.3. The molecule has 0 aliphatic heterocycles. The van der Waals surface area contributed by atoms with E-state index in [1.807, 2.05) is 0 Å². The fourth-order valence-electron chi connectivity index (χ4n) is 8.60. The molecule has 0 radical (unpaired) electrons. The van der Waals surface area contributed by atoms with Gasteiger partial charge in [0.15, 0.2) is 0 Å².